The van der Waals surface area contributed by atoms with Gasteiger partial charge < -0.3 is 9.47 Å². The molecule has 2 rings (SSSR count). The quantitative estimate of drug-likeness (QED) is 0.466. The number of carbonyl (C=O) groups excluding carboxylic acids is 1. The number of rotatable bonds is 4. The van der Waals surface area contributed by atoms with Gasteiger partial charge in [-0.15, -0.1) is 0 Å². The van der Waals surface area contributed by atoms with Crippen LogP contribution < -0.4 is 4.73 Å². The summed E-state index contributed by atoms with van der Waals surface area (Å²) in [5, 5.41) is 11.1. The van der Waals surface area contributed by atoms with E-state index in [4.69, 9.17) is 9.47 Å². The van der Waals surface area contributed by atoms with Gasteiger partial charge in [0.1, 0.15) is 0 Å². The van der Waals surface area contributed by atoms with Crippen LogP contribution in [-0.4, -0.2) is 23.4 Å². The smallest absolute Gasteiger partial charge is 0.340 e. The maximum absolute atomic E-state index is 12.6. The molecule has 1 N–H and O–H groups in total. The highest BCUT2D eigenvalue weighted by atomic mass is 79.9. The van der Waals surface area contributed by atoms with E-state index in [1.807, 2.05) is 52.8 Å². The van der Waals surface area contributed by atoms with Gasteiger partial charge in [0, 0.05) is 33.8 Å². The van der Waals surface area contributed by atoms with Gasteiger partial charge in [-0.2, -0.15) is 0 Å². The van der Waals surface area contributed by atoms with E-state index in [0.717, 1.165) is 21.4 Å². The molecule has 1 atom stereocenters. The van der Waals surface area contributed by atoms with Crippen LogP contribution in [0, 0.1) is 13.8 Å². The fourth-order valence-corrected chi connectivity index (χ4v) is 3.56. The molecule has 0 aliphatic carbocycles. The molecule has 0 fully saturated rings. The van der Waals surface area contributed by atoms with Crippen molar-refractivity contribution in [1.29, 1.82) is 0 Å². The highest BCUT2D eigenvalue weighted by molar-refractivity contribution is 9.10. The number of benzene rings is 1. The molecule has 0 bridgehead atoms. The van der Waals surface area contributed by atoms with Gasteiger partial charge in [-0.1, -0.05) is 0 Å². The average molecular weight is 411 g/mol. The number of esters is 1. The molecule has 136 valence electrons. The van der Waals surface area contributed by atoms with Gasteiger partial charge in [0.2, 0.25) is 5.69 Å². The van der Waals surface area contributed by atoms with Crippen molar-refractivity contribution in [3.8, 4) is 0 Å². The largest absolute Gasteiger partial charge is 0.464 e. The SMILES string of the molecule is CCOC(=O)[C@@H](OC(C)(C)C)c1c(C)cc2c(ccc(C)[n+]2O)c1Br. The Balaban J connectivity index is 2.70. The normalized spacial score (nSPS) is 13.1. The van der Waals surface area contributed by atoms with Gasteiger partial charge >= 0.3 is 5.97 Å². The predicted molar refractivity (Wildman–Crippen MR) is 98.7 cm³/mol. The topological polar surface area (TPSA) is 59.6 Å². The highest BCUT2D eigenvalue weighted by Crippen LogP contribution is 2.37. The number of nitrogens with zero attached hydrogens (tertiary/aromatic N) is 1. The second-order valence-corrected chi connectivity index (χ2v) is 7.80. The van der Waals surface area contributed by atoms with Gasteiger partial charge in [0.05, 0.1) is 17.6 Å². The zero-order valence-electron chi connectivity index (χ0n) is 15.5. The first-order chi connectivity index (χ1) is 11.6. The van der Waals surface area contributed by atoms with Gasteiger partial charge in [-0.05, 0) is 62.2 Å². The van der Waals surface area contributed by atoms with E-state index in [1.165, 1.54) is 0 Å². The van der Waals surface area contributed by atoms with E-state index in [-0.39, 0.29) is 6.61 Å². The summed E-state index contributed by atoms with van der Waals surface area (Å²) in [6.07, 6.45) is -0.854. The van der Waals surface area contributed by atoms with Crippen molar-refractivity contribution in [1.82, 2.24) is 0 Å². The Morgan fingerprint density at radius 2 is 1.96 bits per heavy atom. The van der Waals surface area contributed by atoms with Crippen LogP contribution >= 0.6 is 15.9 Å². The van der Waals surface area contributed by atoms with Crippen LogP contribution in [0.1, 0.15) is 50.6 Å². The van der Waals surface area contributed by atoms with Crippen molar-refractivity contribution in [2.24, 2.45) is 0 Å². The highest BCUT2D eigenvalue weighted by Gasteiger charge is 2.33. The number of hydrogen-bond acceptors (Lipinski definition) is 4. The molecule has 0 amide bonds. The zero-order valence-corrected chi connectivity index (χ0v) is 17.1. The lowest BCUT2D eigenvalue weighted by Crippen LogP contribution is -2.35. The number of pyridine rings is 1. The van der Waals surface area contributed by atoms with E-state index in [0.29, 0.717) is 15.6 Å². The summed E-state index contributed by atoms with van der Waals surface area (Å²) < 4.78 is 13.1. The molecule has 1 aromatic carbocycles. The van der Waals surface area contributed by atoms with Crippen LogP contribution in [0.15, 0.2) is 22.7 Å². The van der Waals surface area contributed by atoms with Gasteiger partial charge in [-0.3, -0.25) is 5.21 Å². The van der Waals surface area contributed by atoms with Crippen molar-refractivity contribution in [2.45, 2.75) is 53.2 Å². The summed E-state index contributed by atoms with van der Waals surface area (Å²) in [5.41, 5.74) is 2.40. The molecule has 0 aliphatic rings. The predicted octanol–water partition coefficient (Wildman–Crippen LogP) is 4.16. The van der Waals surface area contributed by atoms with E-state index in [2.05, 4.69) is 15.9 Å². The minimum Gasteiger partial charge on any atom is -0.464 e. The summed E-state index contributed by atoms with van der Waals surface area (Å²) in [5.74, 6) is -0.426. The van der Waals surface area contributed by atoms with E-state index < -0.39 is 17.7 Å². The van der Waals surface area contributed by atoms with Crippen molar-refractivity contribution in [3.05, 3.63) is 39.5 Å². The molecule has 1 aromatic heterocycles. The Kier molecular flexibility index (Phi) is 5.74. The van der Waals surface area contributed by atoms with Crippen LogP contribution in [0.5, 0.6) is 0 Å². The second-order valence-electron chi connectivity index (χ2n) is 7.00. The number of aromatic nitrogens is 1. The fourth-order valence-electron chi connectivity index (χ4n) is 2.71. The molecule has 0 unspecified atom stereocenters. The second kappa shape index (κ2) is 7.30. The fraction of sp³-hybridized carbons (Fsp3) is 0.474. The zero-order chi connectivity index (χ0) is 18.9. The van der Waals surface area contributed by atoms with E-state index >= 15 is 0 Å². The molecule has 1 heterocycles. The molecular formula is C19H25BrNO4+. The number of fused-ring (bicyclic) bond motifs is 1. The molecule has 25 heavy (non-hydrogen) atoms. The van der Waals surface area contributed by atoms with E-state index in [1.54, 1.807) is 6.92 Å². The molecular weight excluding hydrogens is 386 g/mol. The molecule has 2 aromatic rings. The summed E-state index contributed by atoms with van der Waals surface area (Å²) in [4.78, 5) is 12.6. The third kappa shape index (κ3) is 4.12. The third-order valence-electron chi connectivity index (χ3n) is 3.81. The molecule has 0 saturated heterocycles. The van der Waals surface area contributed by atoms with Gasteiger partial charge in [0.25, 0.3) is 5.52 Å². The summed E-state index contributed by atoms with van der Waals surface area (Å²) in [6, 6.07) is 5.57. The van der Waals surface area contributed by atoms with Crippen LogP contribution in [-0.2, 0) is 14.3 Å². The molecule has 0 radical (unpaired) electrons. The molecule has 0 saturated carbocycles. The number of halogens is 1. The van der Waals surface area contributed by atoms with Crippen LogP contribution in [0.3, 0.4) is 0 Å². The maximum atomic E-state index is 12.6. The molecule has 6 heteroatoms. The lowest BCUT2D eigenvalue weighted by Gasteiger charge is -2.28. The van der Waals surface area contributed by atoms with Crippen molar-refractivity contribution in [2.75, 3.05) is 6.61 Å². The van der Waals surface area contributed by atoms with Crippen LogP contribution in [0.2, 0.25) is 0 Å². The molecule has 5 nitrogen and oxygen atoms in total. The number of aryl methyl sites for hydroxylation is 2. The Morgan fingerprint density at radius 1 is 1.32 bits per heavy atom. The minimum atomic E-state index is -0.854. The number of hydrogen-bond donors (Lipinski definition) is 1. The summed E-state index contributed by atoms with van der Waals surface area (Å²) in [7, 11) is 0. The van der Waals surface area contributed by atoms with Gasteiger partial charge in [-0.25, -0.2) is 4.79 Å². The first-order valence-electron chi connectivity index (χ1n) is 8.25. The Labute approximate surface area is 156 Å². The first-order valence-corrected chi connectivity index (χ1v) is 9.04. The monoisotopic (exact) mass is 410 g/mol. The van der Waals surface area contributed by atoms with Crippen LogP contribution in [0.25, 0.3) is 10.9 Å². The number of ether oxygens (including phenoxy) is 2. The average Bonchev–Trinajstić information content (AvgIpc) is 2.49. The van der Waals surface area contributed by atoms with Gasteiger partial charge in [0.15, 0.2) is 6.10 Å². The molecule has 0 aliphatic heterocycles. The number of carbonyl (C=O) groups is 1. The Hall–Kier alpha value is -1.66. The van der Waals surface area contributed by atoms with Crippen molar-refractivity contribution in [3.63, 3.8) is 0 Å². The Morgan fingerprint density at radius 3 is 2.52 bits per heavy atom. The van der Waals surface area contributed by atoms with Crippen molar-refractivity contribution < 1.29 is 24.2 Å². The molecule has 0 spiro atoms. The first kappa shape index (κ1) is 19.7. The maximum Gasteiger partial charge on any atom is 0.340 e. The lowest BCUT2D eigenvalue weighted by atomic mass is 9.99. The summed E-state index contributed by atoms with van der Waals surface area (Å²) in [6.45, 7) is 11.5. The standard InChI is InChI=1S/C19H25BrNO4/c1-7-24-18(22)17(25-19(4,5)6)15-11(2)10-14-13(16(15)20)9-8-12(3)21(14)23/h8-10,17,23H,7H2,1-6H3/q+1/t17-/m0/s1. The van der Waals surface area contributed by atoms with Crippen LogP contribution in [0.4, 0.5) is 0 Å². The third-order valence-corrected chi connectivity index (χ3v) is 4.67. The Bertz CT molecular complexity index is 811. The summed E-state index contributed by atoms with van der Waals surface area (Å²) >= 11 is 3.61. The van der Waals surface area contributed by atoms with Crippen molar-refractivity contribution >= 4 is 32.8 Å². The van der Waals surface area contributed by atoms with E-state index in [9.17, 15) is 10.0 Å². The lowest BCUT2D eigenvalue weighted by molar-refractivity contribution is -0.888. The minimum absolute atomic E-state index is 0.281.